The van der Waals surface area contributed by atoms with E-state index in [0.717, 1.165) is 42.0 Å². The zero-order chi connectivity index (χ0) is 20.0. The highest BCUT2D eigenvalue weighted by Gasteiger charge is 2.41. The Kier molecular flexibility index (Phi) is 4.46. The van der Waals surface area contributed by atoms with Crippen molar-refractivity contribution in [2.24, 2.45) is 0 Å². The Morgan fingerprint density at radius 1 is 1.03 bits per heavy atom. The number of phenolic OH excluding ortho intramolecular Hbond substituents is 1. The molecule has 2 aliphatic rings. The van der Waals surface area contributed by atoms with Gasteiger partial charge < -0.3 is 20.6 Å². The topological polar surface area (TPSA) is 104 Å². The highest BCUT2D eigenvalue weighted by molar-refractivity contribution is 9.10. The van der Waals surface area contributed by atoms with E-state index < -0.39 is 0 Å². The second-order valence-electron chi connectivity index (χ2n) is 7.42. The molecule has 8 nitrogen and oxygen atoms in total. The lowest BCUT2D eigenvalue weighted by atomic mass is 10.1. The number of aromatic nitrogens is 4. The number of nitrogens with zero attached hydrogens (tertiary/aromatic N) is 6. The molecule has 0 saturated carbocycles. The molecule has 3 aromatic rings. The van der Waals surface area contributed by atoms with Crippen molar-refractivity contribution in [2.45, 2.75) is 24.9 Å². The standard InChI is InChI=1S/C20H20BrN7O/c21-12-8-23-20(24-9-12)28-13-5-6-14(28)11-27(10-13)17-7-16(25-26-19(17)22)15-3-1-2-4-18(15)29/h1-4,7-9,13-14,29H,5-6,10-11H2,(H2,22,26). The Morgan fingerprint density at radius 2 is 1.72 bits per heavy atom. The summed E-state index contributed by atoms with van der Waals surface area (Å²) in [6.07, 6.45) is 5.76. The molecule has 2 aliphatic heterocycles. The number of nitrogen functional groups attached to an aromatic ring is 1. The molecule has 1 aromatic carbocycles. The molecule has 0 amide bonds. The van der Waals surface area contributed by atoms with Gasteiger partial charge in [-0.3, -0.25) is 0 Å². The predicted molar refractivity (Wildman–Crippen MR) is 115 cm³/mol. The van der Waals surface area contributed by atoms with Crippen molar-refractivity contribution in [3.8, 4) is 17.0 Å². The number of hydrogen-bond donors (Lipinski definition) is 2. The Bertz CT molecular complexity index is 1030. The fraction of sp³-hybridized carbons (Fsp3) is 0.300. The molecule has 5 rings (SSSR count). The van der Waals surface area contributed by atoms with Crippen LogP contribution in [0.3, 0.4) is 0 Å². The maximum absolute atomic E-state index is 10.2. The summed E-state index contributed by atoms with van der Waals surface area (Å²) in [5.41, 5.74) is 8.30. The summed E-state index contributed by atoms with van der Waals surface area (Å²) >= 11 is 3.40. The molecule has 2 bridgehead atoms. The van der Waals surface area contributed by atoms with Gasteiger partial charge in [0, 0.05) is 43.1 Å². The number of halogens is 1. The molecular formula is C20H20BrN7O. The van der Waals surface area contributed by atoms with Gasteiger partial charge in [-0.05, 0) is 47.0 Å². The van der Waals surface area contributed by atoms with Gasteiger partial charge in [-0.25, -0.2) is 9.97 Å². The van der Waals surface area contributed by atoms with Crippen LogP contribution < -0.4 is 15.5 Å². The smallest absolute Gasteiger partial charge is 0.225 e. The van der Waals surface area contributed by atoms with Crippen LogP contribution in [0.5, 0.6) is 5.75 Å². The van der Waals surface area contributed by atoms with Crippen LogP contribution in [0.2, 0.25) is 0 Å². The first-order chi connectivity index (χ1) is 14.1. The van der Waals surface area contributed by atoms with Crippen LogP contribution in [-0.2, 0) is 0 Å². The summed E-state index contributed by atoms with van der Waals surface area (Å²) < 4.78 is 0.875. The van der Waals surface area contributed by atoms with Gasteiger partial charge in [0.25, 0.3) is 0 Å². The average Bonchev–Trinajstić information content (AvgIpc) is 2.99. The van der Waals surface area contributed by atoms with Crippen LogP contribution in [0.4, 0.5) is 17.5 Å². The van der Waals surface area contributed by atoms with Gasteiger partial charge in [0.1, 0.15) is 5.75 Å². The minimum absolute atomic E-state index is 0.176. The third-order valence-electron chi connectivity index (χ3n) is 5.64. The molecule has 3 N–H and O–H groups in total. The van der Waals surface area contributed by atoms with Crippen molar-refractivity contribution in [1.29, 1.82) is 0 Å². The molecule has 0 spiro atoms. The zero-order valence-corrected chi connectivity index (χ0v) is 17.2. The average molecular weight is 454 g/mol. The number of nitrogens with two attached hydrogens (primary N) is 1. The SMILES string of the molecule is Nc1nnc(-c2ccccc2O)cc1N1CC2CCC(C1)N2c1ncc(Br)cn1. The first-order valence-corrected chi connectivity index (χ1v) is 10.3. The first-order valence-electron chi connectivity index (χ1n) is 9.52. The number of hydrogen-bond acceptors (Lipinski definition) is 8. The summed E-state index contributed by atoms with van der Waals surface area (Å²) in [4.78, 5) is 13.6. The number of fused-ring (bicyclic) bond motifs is 2. The molecule has 2 fully saturated rings. The van der Waals surface area contributed by atoms with E-state index in [-0.39, 0.29) is 5.75 Å². The Balaban J connectivity index is 1.44. The summed E-state index contributed by atoms with van der Waals surface area (Å²) in [6, 6.07) is 9.67. The van der Waals surface area contributed by atoms with Crippen molar-refractivity contribution < 1.29 is 5.11 Å². The molecule has 0 aliphatic carbocycles. The van der Waals surface area contributed by atoms with Crippen molar-refractivity contribution in [2.75, 3.05) is 28.6 Å². The van der Waals surface area contributed by atoms with E-state index >= 15 is 0 Å². The van der Waals surface area contributed by atoms with Gasteiger partial charge in [0.15, 0.2) is 5.82 Å². The fourth-order valence-electron chi connectivity index (χ4n) is 4.33. The van der Waals surface area contributed by atoms with Gasteiger partial charge in [-0.15, -0.1) is 10.2 Å². The number of aromatic hydroxyl groups is 1. The van der Waals surface area contributed by atoms with Crippen molar-refractivity contribution >= 4 is 33.4 Å². The van der Waals surface area contributed by atoms with Crippen molar-refractivity contribution in [3.05, 3.63) is 47.2 Å². The number of para-hydroxylation sites is 1. The Labute approximate surface area is 176 Å². The Morgan fingerprint density at radius 3 is 2.41 bits per heavy atom. The number of phenols is 1. The predicted octanol–water partition coefficient (Wildman–Crippen LogP) is 2.84. The number of rotatable bonds is 3. The summed E-state index contributed by atoms with van der Waals surface area (Å²) in [7, 11) is 0. The van der Waals surface area contributed by atoms with Crippen molar-refractivity contribution in [1.82, 2.24) is 20.2 Å². The molecule has 29 heavy (non-hydrogen) atoms. The van der Waals surface area contributed by atoms with E-state index in [2.05, 4.69) is 45.9 Å². The van der Waals surface area contributed by atoms with Gasteiger partial charge in [0.2, 0.25) is 5.95 Å². The molecule has 2 atom stereocenters. The normalized spacial score (nSPS) is 20.9. The highest BCUT2D eigenvalue weighted by atomic mass is 79.9. The van der Waals surface area contributed by atoms with Crippen LogP contribution in [0.15, 0.2) is 47.2 Å². The van der Waals surface area contributed by atoms with Gasteiger partial charge in [-0.2, -0.15) is 0 Å². The van der Waals surface area contributed by atoms with E-state index in [1.165, 1.54) is 0 Å². The molecule has 2 unspecified atom stereocenters. The maximum Gasteiger partial charge on any atom is 0.225 e. The van der Waals surface area contributed by atoms with Crippen molar-refractivity contribution in [3.63, 3.8) is 0 Å². The Hall–Kier alpha value is -2.94. The van der Waals surface area contributed by atoms with Gasteiger partial charge >= 0.3 is 0 Å². The maximum atomic E-state index is 10.2. The van der Waals surface area contributed by atoms with Crippen LogP contribution in [0, 0.1) is 0 Å². The zero-order valence-electron chi connectivity index (χ0n) is 15.6. The van der Waals surface area contributed by atoms with Gasteiger partial charge in [0.05, 0.1) is 15.9 Å². The summed E-state index contributed by atoms with van der Waals surface area (Å²) in [5.74, 6) is 1.35. The number of anilines is 3. The third kappa shape index (κ3) is 3.25. The van der Waals surface area contributed by atoms with Crippen LogP contribution >= 0.6 is 15.9 Å². The van der Waals surface area contributed by atoms with E-state index in [4.69, 9.17) is 5.73 Å². The lowest BCUT2D eigenvalue weighted by Crippen LogP contribution is -2.54. The molecule has 2 aromatic heterocycles. The van der Waals surface area contributed by atoms with E-state index in [1.807, 2.05) is 18.2 Å². The highest BCUT2D eigenvalue weighted by Crippen LogP contribution is 2.37. The second-order valence-corrected chi connectivity index (χ2v) is 8.33. The minimum Gasteiger partial charge on any atom is -0.507 e. The molecule has 148 valence electrons. The number of piperazine rings is 1. The summed E-state index contributed by atoms with van der Waals surface area (Å²) in [6.45, 7) is 1.62. The van der Waals surface area contributed by atoms with Gasteiger partial charge in [-0.1, -0.05) is 12.1 Å². The molecular weight excluding hydrogens is 434 g/mol. The number of benzene rings is 1. The molecule has 4 heterocycles. The third-order valence-corrected chi connectivity index (χ3v) is 6.05. The van der Waals surface area contributed by atoms with Crippen LogP contribution in [0.25, 0.3) is 11.3 Å². The largest absolute Gasteiger partial charge is 0.507 e. The lowest BCUT2D eigenvalue weighted by molar-refractivity contribution is 0.477. The van der Waals surface area contributed by atoms with Crippen LogP contribution in [-0.4, -0.2) is 50.4 Å². The lowest BCUT2D eigenvalue weighted by Gasteiger charge is -2.42. The molecule has 0 radical (unpaired) electrons. The van der Waals surface area contributed by atoms with E-state index in [1.54, 1.807) is 24.5 Å². The molecule has 9 heteroatoms. The summed E-state index contributed by atoms with van der Waals surface area (Å²) in [5, 5.41) is 18.5. The minimum atomic E-state index is 0.176. The molecule has 2 saturated heterocycles. The fourth-order valence-corrected chi connectivity index (χ4v) is 4.54. The van der Waals surface area contributed by atoms with E-state index in [0.29, 0.717) is 29.2 Å². The first kappa shape index (κ1) is 18.1. The second kappa shape index (κ2) is 7.14. The quantitative estimate of drug-likeness (QED) is 0.623. The van der Waals surface area contributed by atoms with Crippen LogP contribution in [0.1, 0.15) is 12.8 Å². The van der Waals surface area contributed by atoms with E-state index in [9.17, 15) is 5.11 Å². The monoisotopic (exact) mass is 453 g/mol.